The lowest BCUT2D eigenvalue weighted by Crippen LogP contribution is -2.35. The van der Waals surface area contributed by atoms with Gasteiger partial charge in [-0.15, -0.1) is 0 Å². The molecule has 1 atom stereocenters. The van der Waals surface area contributed by atoms with Crippen LogP contribution in [0.5, 0.6) is 0 Å². The fraction of sp³-hybridized carbons (Fsp3) is 0.714. The van der Waals surface area contributed by atoms with Crippen molar-refractivity contribution in [2.45, 2.75) is 12.5 Å². The number of rotatable bonds is 1. The van der Waals surface area contributed by atoms with E-state index in [-0.39, 0.29) is 12.6 Å². The molecule has 52 valence electrons. The van der Waals surface area contributed by atoms with E-state index in [1.807, 2.05) is 7.05 Å². The normalized spacial score (nSPS) is 28.9. The van der Waals surface area contributed by atoms with Crippen LogP contribution in [0, 0.1) is 0 Å². The molecular formula is C7H13NO. The van der Waals surface area contributed by atoms with E-state index in [0.717, 1.165) is 13.0 Å². The van der Waals surface area contributed by atoms with Crippen LogP contribution in [-0.4, -0.2) is 36.2 Å². The Kier molecular flexibility index (Phi) is 2.25. The van der Waals surface area contributed by atoms with Gasteiger partial charge in [-0.25, -0.2) is 0 Å². The van der Waals surface area contributed by atoms with Gasteiger partial charge in [0.05, 0.1) is 12.6 Å². The fourth-order valence-electron chi connectivity index (χ4n) is 1.04. The van der Waals surface area contributed by atoms with Crippen LogP contribution < -0.4 is 0 Å². The summed E-state index contributed by atoms with van der Waals surface area (Å²) in [5.41, 5.74) is 0. The number of nitrogens with zero attached hydrogens (tertiary/aromatic N) is 1. The summed E-state index contributed by atoms with van der Waals surface area (Å²) in [4.78, 5) is 2.15. The molecule has 0 saturated carbocycles. The van der Waals surface area contributed by atoms with Crippen molar-refractivity contribution in [2.24, 2.45) is 0 Å². The van der Waals surface area contributed by atoms with E-state index in [1.165, 1.54) is 0 Å². The lowest BCUT2D eigenvalue weighted by molar-refractivity contribution is 0.173. The van der Waals surface area contributed by atoms with Crippen LogP contribution in [0.4, 0.5) is 0 Å². The Bertz CT molecular complexity index is 111. The van der Waals surface area contributed by atoms with E-state index in [1.54, 1.807) is 0 Å². The summed E-state index contributed by atoms with van der Waals surface area (Å²) in [6.45, 7) is 1.31. The predicted octanol–water partition coefficient (Wildman–Crippen LogP) is 0.239. The van der Waals surface area contributed by atoms with Crippen LogP contribution in [0.15, 0.2) is 12.2 Å². The van der Waals surface area contributed by atoms with Gasteiger partial charge >= 0.3 is 0 Å². The maximum absolute atomic E-state index is 8.77. The van der Waals surface area contributed by atoms with Crippen LogP contribution in [0.1, 0.15) is 6.42 Å². The molecule has 1 aliphatic rings. The zero-order chi connectivity index (χ0) is 6.69. The van der Waals surface area contributed by atoms with Crippen molar-refractivity contribution in [3.05, 3.63) is 12.2 Å². The smallest absolute Gasteiger partial charge is 0.0622 e. The molecule has 2 heteroatoms. The largest absolute Gasteiger partial charge is 0.394 e. The number of aliphatic hydroxyl groups is 1. The quantitative estimate of drug-likeness (QED) is 0.510. The highest BCUT2D eigenvalue weighted by Gasteiger charge is 2.11. The van der Waals surface area contributed by atoms with E-state index in [9.17, 15) is 0 Å². The lowest BCUT2D eigenvalue weighted by atomic mass is 10.1. The van der Waals surface area contributed by atoms with Crippen molar-refractivity contribution >= 4 is 0 Å². The van der Waals surface area contributed by atoms with Gasteiger partial charge in [0.25, 0.3) is 0 Å². The van der Waals surface area contributed by atoms with Crippen molar-refractivity contribution in [3.63, 3.8) is 0 Å². The Morgan fingerprint density at radius 1 is 1.78 bits per heavy atom. The SMILES string of the molecule is CN1CCC=CC1CO. The average molecular weight is 127 g/mol. The first-order valence-electron chi connectivity index (χ1n) is 3.32. The summed E-state index contributed by atoms with van der Waals surface area (Å²) in [5.74, 6) is 0. The summed E-state index contributed by atoms with van der Waals surface area (Å²) in [7, 11) is 2.03. The Morgan fingerprint density at radius 2 is 2.56 bits per heavy atom. The predicted molar refractivity (Wildman–Crippen MR) is 37.3 cm³/mol. The molecular weight excluding hydrogens is 114 g/mol. The van der Waals surface area contributed by atoms with Crippen molar-refractivity contribution in [2.75, 3.05) is 20.2 Å². The second kappa shape index (κ2) is 2.99. The van der Waals surface area contributed by atoms with Crippen molar-refractivity contribution in [1.82, 2.24) is 4.90 Å². The fourth-order valence-corrected chi connectivity index (χ4v) is 1.04. The molecule has 2 nitrogen and oxygen atoms in total. The Morgan fingerprint density at radius 3 is 3.00 bits per heavy atom. The second-order valence-electron chi connectivity index (χ2n) is 2.45. The van der Waals surface area contributed by atoms with Crippen LogP contribution in [0.25, 0.3) is 0 Å². The van der Waals surface area contributed by atoms with Gasteiger partial charge in [-0.1, -0.05) is 12.2 Å². The lowest BCUT2D eigenvalue weighted by Gasteiger charge is -2.26. The number of aliphatic hydroxyl groups excluding tert-OH is 1. The van der Waals surface area contributed by atoms with Gasteiger partial charge < -0.3 is 5.11 Å². The van der Waals surface area contributed by atoms with E-state index in [0.29, 0.717) is 0 Å². The van der Waals surface area contributed by atoms with E-state index in [2.05, 4.69) is 17.1 Å². The zero-order valence-corrected chi connectivity index (χ0v) is 5.75. The molecule has 0 bridgehead atoms. The minimum Gasteiger partial charge on any atom is -0.394 e. The second-order valence-corrected chi connectivity index (χ2v) is 2.45. The molecule has 0 aromatic heterocycles. The highest BCUT2D eigenvalue weighted by Crippen LogP contribution is 2.05. The molecule has 0 aromatic rings. The molecule has 0 fully saturated rings. The van der Waals surface area contributed by atoms with Crippen molar-refractivity contribution in [1.29, 1.82) is 0 Å². The summed E-state index contributed by atoms with van der Waals surface area (Å²) in [6.07, 6.45) is 5.30. The maximum atomic E-state index is 8.77. The molecule has 0 radical (unpaired) electrons. The molecule has 0 aromatic carbocycles. The molecule has 1 aliphatic heterocycles. The van der Waals surface area contributed by atoms with Crippen molar-refractivity contribution in [3.8, 4) is 0 Å². The van der Waals surface area contributed by atoms with Crippen LogP contribution in [0.3, 0.4) is 0 Å². The minimum absolute atomic E-state index is 0.243. The highest BCUT2D eigenvalue weighted by molar-refractivity contribution is 4.98. The van der Waals surface area contributed by atoms with Gasteiger partial charge in [0.2, 0.25) is 0 Å². The third-order valence-corrected chi connectivity index (χ3v) is 1.76. The molecule has 0 saturated heterocycles. The Balaban J connectivity index is 2.46. The molecule has 1 rings (SSSR count). The van der Waals surface area contributed by atoms with Gasteiger partial charge in [-0.2, -0.15) is 0 Å². The first kappa shape index (κ1) is 6.78. The standard InChI is InChI=1S/C7H13NO/c1-8-5-3-2-4-7(8)6-9/h2,4,7,9H,3,5-6H2,1H3. The van der Waals surface area contributed by atoms with Gasteiger partial charge in [0.15, 0.2) is 0 Å². The summed E-state index contributed by atoms with van der Waals surface area (Å²) in [5, 5.41) is 8.77. The number of hydrogen-bond acceptors (Lipinski definition) is 2. The molecule has 0 amide bonds. The molecule has 1 N–H and O–H groups in total. The molecule has 0 aliphatic carbocycles. The van der Waals surface area contributed by atoms with E-state index < -0.39 is 0 Å². The first-order valence-corrected chi connectivity index (χ1v) is 3.32. The topological polar surface area (TPSA) is 23.5 Å². The van der Waals surface area contributed by atoms with Crippen LogP contribution >= 0.6 is 0 Å². The summed E-state index contributed by atoms with van der Waals surface area (Å²) >= 11 is 0. The highest BCUT2D eigenvalue weighted by atomic mass is 16.3. The molecule has 1 unspecified atom stereocenters. The zero-order valence-electron chi connectivity index (χ0n) is 5.75. The van der Waals surface area contributed by atoms with E-state index in [4.69, 9.17) is 5.11 Å². The van der Waals surface area contributed by atoms with Crippen molar-refractivity contribution < 1.29 is 5.11 Å². The number of likely N-dealkylation sites (N-methyl/N-ethyl adjacent to an activating group) is 1. The number of hydrogen-bond donors (Lipinski definition) is 1. The third-order valence-electron chi connectivity index (χ3n) is 1.76. The van der Waals surface area contributed by atoms with Gasteiger partial charge in [0.1, 0.15) is 0 Å². The van der Waals surface area contributed by atoms with E-state index >= 15 is 0 Å². The first-order chi connectivity index (χ1) is 4.34. The maximum Gasteiger partial charge on any atom is 0.0622 e. The van der Waals surface area contributed by atoms with Crippen LogP contribution in [0.2, 0.25) is 0 Å². The third kappa shape index (κ3) is 1.53. The monoisotopic (exact) mass is 127 g/mol. The van der Waals surface area contributed by atoms with Crippen LogP contribution in [-0.2, 0) is 0 Å². The molecule has 1 heterocycles. The Hall–Kier alpha value is -0.340. The average Bonchev–Trinajstić information content (AvgIpc) is 1.89. The summed E-state index contributed by atoms with van der Waals surface area (Å²) in [6, 6.07) is 0.263. The van der Waals surface area contributed by atoms with Gasteiger partial charge in [-0.05, 0) is 13.5 Å². The Labute approximate surface area is 55.8 Å². The molecule has 9 heavy (non-hydrogen) atoms. The van der Waals surface area contributed by atoms with Gasteiger partial charge in [0, 0.05) is 6.54 Å². The summed E-state index contributed by atoms with van der Waals surface area (Å²) < 4.78 is 0. The molecule has 0 spiro atoms. The minimum atomic E-state index is 0.243. The van der Waals surface area contributed by atoms with Gasteiger partial charge in [-0.3, -0.25) is 4.90 Å².